The SMILES string of the molecule is Cc1nc(Cl)c(N2CCC(O)C2)nc1C. The lowest BCUT2D eigenvalue weighted by molar-refractivity contribution is 0.198. The molecule has 1 unspecified atom stereocenters. The molecule has 15 heavy (non-hydrogen) atoms. The smallest absolute Gasteiger partial charge is 0.171 e. The van der Waals surface area contributed by atoms with E-state index >= 15 is 0 Å². The number of anilines is 1. The molecule has 1 N–H and O–H groups in total. The van der Waals surface area contributed by atoms with Crippen molar-refractivity contribution in [3.63, 3.8) is 0 Å². The molecule has 1 atom stereocenters. The fourth-order valence-electron chi connectivity index (χ4n) is 1.70. The average molecular weight is 228 g/mol. The second-order valence-electron chi connectivity index (χ2n) is 3.90. The summed E-state index contributed by atoms with van der Waals surface area (Å²) in [4.78, 5) is 10.6. The van der Waals surface area contributed by atoms with E-state index in [0.29, 0.717) is 17.5 Å². The standard InChI is InChI=1S/C10H14ClN3O/c1-6-7(2)13-10(9(11)12-6)14-4-3-8(15)5-14/h8,15H,3-5H2,1-2H3. The number of aromatic nitrogens is 2. The summed E-state index contributed by atoms with van der Waals surface area (Å²) >= 11 is 6.03. The molecule has 1 aromatic rings. The monoisotopic (exact) mass is 227 g/mol. The van der Waals surface area contributed by atoms with E-state index in [9.17, 15) is 5.11 Å². The van der Waals surface area contributed by atoms with E-state index in [1.165, 1.54) is 0 Å². The maximum absolute atomic E-state index is 9.44. The second-order valence-corrected chi connectivity index (χ2v) is 4.26. The van der Waals surface area contributed by atoms with Crippen LogP contribution in [0.25, 0.3) is 0 Å². The Morgan fingerprint density at radius 1 is 1.33 bits per heavy atom. The second kappa shape index (κ2) is 3.94. The zero-order valence-corrected chi connectivity index (χ0v) is 9.62. The van der Waals surface area contributed by atoms with E-state index < -0.39 is 0 Å². The predicted octanol–water partition coefficient (Wildman–Crippen LogP) is 1.32. The zero-order valence-electron chi connectivity index (χ0n) is 8.87. The van der Waals surface area contributed by atoms with E-state index in [4.69, 9.17) is 11.6 Å². The number of nitrogens with zero attached hydrogens (tertiary/aromatic N) is 3. The van der Waals surface area contributed by atoms with Gasteiger partial charge in [-0.05, 0) is 20.3 Å². The fraction of sp³-hybridized carbons (Fsp3) is 0.600. The van der Waals surface area contributed by atoms with Crippen LogP contribution in [-0.2, 0) is 0 Å². The summed E-state index contributed by atoms with van der Waals surface area (Å²) in [7, 11) is 0. The van der Waals surface area contributed by atoms with Crippen LogP contribution in [0, 0.1) is 13.8 Å². The number of aryl methyl sites for hydroxylation is 2. The van der Waals surface area contributed by atoms with Crippen molar-refractivity contribution < 1.29 is 5.11 Å². The van der Waals surface area contributed by atoms with Crippen LogP contribution < -0.4 is 4.90 Å². The number of hydrogen-bond donors (Lipinski definition) is 1. The molecule has 1 fully saturated rings. The Balaban J connectivity index is 2.32. The van der Waals surface area contributed by atoms with Crippen molar-refractivity contribution in [3.8, 4) is 0 Å². The molecule has 0 aromatic carbocycles. The first-order chi connectivity index (χ1) is 7.08. The normalized spacial score (nSPS) is 21.1. The molecule has 0 bridgehead atoms. The molecule has 2 heterocycles. The van der Waals surface area contributed by atoms with E-state index in [2.05, 4.69) is 9.97 Å². The molecule has 1 aromatic heterocycles. The van der Waals surface area contributed by atoms with Crippen molar-refractivity contribution in [1.82, 2.24) is 9.97 Å². The average Bonchev–Trinajstić information content (AvgIpc) is 2.58. The van der Waals surface area contributed by atoms with Crippen LogP contribution in [0.5, 0.6) is 0 Å². The van der Waals surface area contributed by atoms with Gasteiger partial charge in [-0.25, -0.2) is 9.97 Å². The molecule has 0 radical (unpaired) electrons. The van der Waals surface area contributed by atoms with Gasteiger partial charge in [-0.3, -0.25) is 0 Å². The van der Waals surface area contributed by atoms with Gasteiger partial charge in [0.2, 0.25) is 0 Å². The highest BCUT2D eigenvalue weighted by Crippen LogP contribution is 2.25. The lowest BCUT2D eigenvalue weighted by Crippen LogP contribution is -2.23. The highest BCUT2D eigenvalue weighted by Gasteiger charge is 2.24. The third-order valence-corrected chi connectivity index (χ3v) is 2.96. The third kappa shape index (κ3) is 2.06. The van der Waals surface area contributed by atoms with Crippen LogP contribution in [0.1, 0.15) is 17.8 Å². The van der Waals surface area contributed by atoms with Crippen LogP contribution in [0.3, 0.4) is 0 Å². The van der Waals surface area contributed by atoms with Gasteiger partial charge in [0.25, 0.3) is 0 Å². The minimum Gasteiger partial charge on any atom is -0.391 e. The molecule has 0 aliphatic carbocycles. The Hall–Kier alpha value is -0.870. The molecule has 1 aliphatic heterocycles. The molecular weight excluding hydrogens is 214 g/mol. The number of aliphatic hydroxyl groups excluding tert-OH is 1. The maximum Gasteiger partial charge on any atom is 0.171 e. The summed E-state index contributed by atoms with van der Waals surface area (Å²) in [5.41, 5.74) is 1.74. The van der Waals surface area contributed by atoms with Gasteiger partial charge in [-0.1, -0.05) is 11.6 Å². The Bertz CT molecular complexity index is 383. The third-order valence-electron chi connectivity index (χ3n) is 2.71. The summed E-state index contributed by atoms with van der Waals surface area (Å²) in [6, 6.07) is 0. The van der Waals surface area contributed by atoms with Crippen LogP contribution in [0.2, 0.25) is 5.15 Å². The molecule has 2 rings (SSSR count). The van der Waals surface area contributed by atoms with Gasteiger partial charge >= 0.3 is 0 Å². The molecule has 82 valence electrons. The predicted molar refractivity (Wildman–Crippen MR) is 59.4 cm³/mol. The van der Waals surface area contributed by atoms with E-state index in [0.717, 1.165) is 24.4 Å². The molecule has 1 saturated heterocycles. The van der Waals surface area contributed by atoms with Crippen molar-refractivity contribution >= 4 is 17.4 Å². The van der Waals surface area contributed by atoms with Gasteiger partial charge in [0, 0.05) is 13.1 Å². The van der Waals surface area contributed by atoms with Crippen LogP contribution >= 0.6 is 11.6 Å². The molecule has 4 nitrogen and oxygen atoms in total. The molecule has 0 amide bonds. The Morgan fingerprint density at radius 2 is 2.00 bits per heavy atom. The summed E-state index contributed by atoms with van der Waals surface area (Å²) in [6.07, 6.45) is 0.495. The minimum atomic E-state index is -0.274. The number of halogens is 1. The molecular formula is C10H14ClN3O. The number of hydrogen-bond acceptors (Lipinski definition) is 4. The van der Waals surface area contributed by atoms with Crippen LogP contribution in [0.4, 0.5) is 5.82 Å². The molecule has 0 spiro atoms. The summed E-state index contributed by atoms with van der Waals surface area (Å²) < 4.78 is 0. The highest BCUT2D eigenvalue weighted by molar-refractivity contribution is 6.31. The zero-order chi connectivity index (χ0) is 11.0. The summed E-state index contributed by atoms with van der Waals surface area (Å²) in [5.74, 6) is 0.691. The Morgan fingerprint density at radius 3 is 2.60 bits per heavy atom. The first kappa shape index (κ1) is 10.6. The topological polar surface area (TPSA) is 49.2 Å². The van der Waals surface area contributed by atoms with E-state index in [1.54, 1.807) is 0 Å². The Kier molecular flexibility index (Phi) is 2.80. The summed E-state index contributed by atoms with van der Waals surface area (Å²) in [5, 5.41) is 9.87. The lowest BCUT2D eigenvalue weighted by Gasteiger charge is -2.18. The van der Waals surface area contributed by atoms with Crippen molar-refractivity contribution in [1.29, 1.82) is 0 Å². The highest BCUT2D eigenvalue weighted by atomic mass is 35.5. The van der Waals surface area contributed by atoms with Crippen molar-refractivity contribution in [2.75, 3.05) is 18.0 Å². The Labute approximate surface area is 93.9 Å². The number of β-amino-alcohol motifs (C(OH)–C–C–N with tert-alkyl or cyclic N) is 1. The van der Waals surface area contributed by atoms with Gasteiger partial charge in [0.15, 0.2) is 11.0 Å². The largest absolute Gasteiger partial charge is 0.391 e. The first-order valence-electron chi connectivity index (χ1n) is 5.01. The van der Waals surface area contributed by atoms with Gasteiger partial charge in [-0.15, -0.1) is 0 Å². The summed E-state index contributed by atoms with van der Waals surface area (Å²) in [6.45, 7) is 5.18. The molecule has 1 aliphatic rings. The van der Waals surface area contributed by atoms with Crippen LogP contribution in [0.15, 0.2) is 0 Å². The molecule has 0 saturated carbocycles. The quantitative estimate of drug-likeness (QED) is 0.786. The fourth-order valence-corrected chi connectivity index (χ4v) is 1.99. The van der Waals surface area contributed by atoms with E-state index in [-0.39, 0.29) is 6.10 Å². The van der Waals surface area contributed by atoms with Gasteiger partial charge < -0.3 is 10.0 Å². The van der Waals surface area contributed by atoms with Gasteiger partial charge in [0.1, 0.15) is 0 Å². The number of rotatable bonds is 1. The molecule has 5 heteroatoms. The van der Waals surface area contributed by atoms with Crippen LogP contribution in [-0.4, -0.2) is 34.3 Å². The van der Waals surface area contributed by atoms with Gasteiger partial charge in [-0.2, -0.15) is 0 Å². The first-order valence-corrected chi connectivity index (χ1v) is 5.39. The van der Waals surface area contributed by atoms with E-state index in [1.807, 2.05) is 18.7 Å². The van der Waals surface area contributed by atoms with Crippen molar-refractivity contribution in [2.45, 2.75) is 26.4 Å². The number of aliphatic hydroxyl groups is 1. The van der Waals surface area contributed by atoms with Crippen molar-refractivity contribution in [2.24, 2.45) is 0 Å². The minimum absolute atomic E-state index is 0.274. The van der Waals surface area contributed by atoms with Crippen molar-refractivity contribution in [3.05, 3.63) is 16.5 Å². The van der Waals surface area contributed by atoms with Gasteiger partial charge in [0.05, 0.1) is 17.5 Å². The maximum atomic E-state index is 9.44. The lowest BCUT2D eigenvalue weighted by atomic mass is 10.3.